The third-order valence-corrected chi connectivity index (χ3v) is 23.5. The largest absolute Gasteiger partial charge is 0.430 e. The van der Waals surface area contributed by atoms with Crippen LogP contribution in [0.25, 0.3) is 33.5 Å². The summed E-state index contributed by atoms with van der Waals surface area (Å²) in [6.07, 6.45) is 3.50. The molecule has 4 atom stereocenters. The molecule has 4 aliphatic carbocycles. The Kier molecular flexibility index (Phi) is 29.7. The van der Waals surface area contributed by atoms with Gasteiger partial charge in [0.05, 0.1) is 44.0 Å². The molecule has 0 N–H and O–H groups in total. The summed E-state index contributed by atoms with van der Waals surface area (Å²) < 4.78 is 54.7. The highest BCUT2D eigenvalue weighted by atomic mass is 32.1. The van der Waals surface area contributed by atoms with Gasteiger partial charge in [0.2, 0.25) is 0 Å². The van der Waals surface area contributed by atoms with Crippen LogP contribution in [0.1, 0.15) is 226 Å². The maximum absolute atomic E-state index is 14.2. The summed E-state index contributed by atoms with van der Waals surface area (Å²) >= 11 is 1.32. The average Bonchev–Trinajstić information content (AvgIpc) is 1.63. The first-order valence-electron chi connectivity index (χ1n) is 42.7. The number of benzene rings is 8. The molecule has 1 heterocycles. The Morgan fingerprint density at radius 2 is 0.613 bits per heavy atom. The molecule has 650 valence electrons. The Bertz CT molecular complexity index is 5520. The topological polar surface area (TPSA) is 199 Å². The maximum Gasteiger partial charge on any atom is 0.316 e. The second kappa shape index (κ2) is 38.9. The van der Waals surface area contributed by atoms with Crippen LogP contribution < -0.4 is 0 Å². The number of nitrogens with zero attached hydrogens (tertiary/aromatic N) is 2. The van der Waals surface area contributed by atoms with Gasteiger partial charge in [-0.15, -0.1) is 5.10 Å². The van der Waals surface area contributed by atoms with Crippen LogP contribution in [0.15, 0.2) is 174 Å². The molecule has 1 aromatic heterocycles. The summed E-state index contributed by atoms with van der Waals surface area (Å²) in [4.78, 5) is 105. The van der Waals surface area contributed by atoms with Crippen molar-refractivity contribution < 1.29 is 66.1 Å². The first kappa shape index (κ1) is 94.9. The van der Waals surface area contributed by atoms with Crippen molar-refractivity contribution in [3.63, 3.8) is 0 Å². The molecular formula is C107H120F2N2O12S. The van der Waals surface area contributed by atoms with Crippen molar-refractivity contribution >= 4 is 80.8 Å². The second-order valence-corrected chi connectivity index (χ2v) is 39.0. The molecule has 0 spiro atoms. The minimum Gasteiger partial charge on any atom is -0.430 e. The fourth-order valence-corrected chi connectivity index (χ4v) is 17.3. The monoisotopic (exact) mass is 1690 g/mol. The molecule has 14 nitrogen and oxygen atoms in total. The van der Waals surface area contributed by atoms with Gasteiger partial charge in [0.1, 0.15) is 40.4 Å². The highest BCUT2D eigenvalue weighted by Gasteiger charge is 2.44. The number of hydrogen-bond acceptors (Lipinski definition) is 15. The molecule has 0 amide bonds. The number of allylic oxidation sites excluding steroid dienone is 8. The van der Waals surface area contributed by atoms with E-state index in [0.717, 1.165) is 117 Å². The number of carbonyl (C=O) groups excluding carboxylic acids is 8. The molecule has 9 aromatic rings. The predicted molar refractivity (Wildman–Crippen MR) is 489 cm³/mol. The summed E-state index contributed by atoms with van der Waals surface area (Å²) in [6, 6.07) is 45.4. The smallest absolute Gasteiger partial charge is 0.316 e. The fraction of sp³-hybridized carbons (Fsp3) is 0.383. The molecule has 124 heavy (non-hydrogen) atoms. The summed E-state index contributed by atoms with van der Waals surface area (Å²) in [5, 5.41) is 6.02. The second-order valence-electron chi connectivity index (χ2n) is 38.4. The first-order valence-corrected chi connectivity index (χ1v) is 43.5. The van der Waals surface area contributed by atoms with Crippen LogP contribution in [0, 0.1) is 147 Å². The molecule has 4 aliphatic rings. The maximum atomic E-state index is 14.2. The number of aromatic nitrogens is 2. The van der Waals surface area contributed by atoms with Crippen LogP contribution in [0.2, 0.25) is 0 Å². The standard InChI is InChI=1S/C28H30N2O3S.C27H32O3.2C26H29FO3/c1-16-11-17(2)24(18(3)12-16)25-23(33-27(32)28(4,5)6)14-21(26(25)31)13-19-7-9-20(10-8-19)22-15-34-30-29-22;1-16-12-18(3)23(19(4)13-16)24-22(30-26(29)27(5,6)7)15-21(25(24)28)14-20-11-9-8-10-17(20)2;1-15-11-16(2)22(17(3)12-15)23-21(30-25(29)26(4,5)6)14-19(24(23)28)13-18-7-9-20(27)10-8-18;1-15-11-16(2)22(17(3)12-15)23-21(30-25(29)26(4,5)6)14-19(24(23)28)13-18-9-7-8-10-20(18)27/h7-12,15,21H,13-14H2,1-6H3;8-13,21H,14-15H2,1-7H3;2*7-12,19H,13-14H2,1-6H3. The van der Waals surface area contributed by atoms with E-state index in [-0.39, 0.29) is 89.2 Å². The number of rotatable bonds is 17. The first-order chi connectivity index (χ1) is 58.0. The molecule has 4 unspecified atom stereocenters. The lowest BCUT2D eigenvalue weighted by molar-refractivity contribution is -0.149. The number of ketones is 4. The van der Waals surface area contributed by atoms with Crippen molar-refractivity contribution in [2.45, 2.75) is 224 Å². The van der Waals surface area contributed by atoms with E-state index in [9.17, 15) is 47.1 Å². The average molecular weight is 1700 g/mol. The summed E-state index contributed by atoms with van der Waals surface area (Å²) in [5.41, 5.74) is 22.1. The van der Waals surface area contributed by atoms with E-state index in [0.29, 0.717) is 89.4 Å². The van der Waals surface area contributed by atoms with Gasteiger partial charge in [-0.1, -0.05) is 154 Å². The van der Waals surface area contributed by atoms with Gasteiger partial charge in [-0.25, -0.2) is 8.78 Å². The lowest BCUT2D eigenvalue weighted by atomic mass is 9.88. The van der Waals surface area contributed by atoms with E-state index in [1.165, 1.54) is 35.3 Å². The molecule has 0 saturated heterocycles. The quantitative estimate of drug-likeness (QED) is 0.0616. The summed E-state index contributed by atoms with van der Waals surface area (Å²) in [7, 11) is 0. The number of esters is 4. The Balaban J connectivity index is 0.000000173. The van der Waals surface area contributed by atoms with Crippen molar-refractivity contribution in [2.24, 2.45) is 45.3 Å². The zero-order valence-corrected chi connectivity index (χ0v) is 77.7. The van der Waals surface area contributed by atoms with Gasteiger partial charge in [0.15, 0.2) is 23.1 Å². The van der Waals surface area contributed by atoms with E-state index < -0.39 is 27.6 Å². The van der Waals surface area contributed by atoms with Crippen molar-refractivity contribution in [1.82, 2.24) is 9.59 Å². The van der Waals surface area contributed by atoms with E-state index >= 15 is 0 Å². The molecule has 0 saturated carbocycles. The van der Waals surface area contributed by atoms with Gasteiger partial charge in [-0.3, -0.25) is 38.4 Å². The lowest BCUT2D eigenvalue weighted by Gasteiger charge is -2.18. The molecule has 17 heteroatoms. The van der Waals surface area contributed by atoms with E-state index in [1.807, 2.05) is 184 Å². The molecular weight excluding hydrogens is 1580 g/mol. The molecule has 13 rings (SSSR count). The summed E-state index contributed by atoms with van der Waals surface area (Å²) in [5.74, 6) is -1.41. The predicted octanol–water partition coefficient (Wildman–Crippen LogP) is 24.1. The number of Topliss-reactive ketones (excluding diaryl/α,β-unsaturated/α-hetero) is 4. The van der Waals surface area contributed by atoms with Crippen LogP contribution in [0.4, 0.5) is 8.78 Å². The Labute approximate surface area is 735 Å². The van der Waals surface area contributed by atoms with Gasteiger partial charge in [-0.05, 0) is 323 Å². The van der Waals surface area contributed by atoms with Crippen molar-refractivity contribution in [3.05, 3.63) is 302 Å². The SMILES string of the molecule is Cc1cc(C)c(C2=C(OC(=O)C(C)(C)C)CC(Cc3ccc(-c4csnn4)cc3)C2=O)c(C)c1.Cc1cc(C)c(C2=C(OC(=O)C(C)(C)C)CC(Cc3ccc(F)cc3)C2=O)c(C)c1.Cc1cc(C)c(C2=C(OC(=O)C(C)(C)C)CC(Cc3ccccc3C)C2=O)c(C)c1.Cc1cc(C)c(C2=C(OC(=O)C(C)(C)C)CC(Cc3ccccc3F)C2=O)c(C)c1. The van der Waals surface area contributed by atoms with Crippen LogP contribution >= 0.6 is 11.5 Å². The number of hydrogen-bond donors (Lipinski definition) is 0. The molecule has 0 fully saturated rings. The fourth-order valence-electron chi connectivity index (χ4n) is 16.8. The molecule has 8 aromatic carbocycles. The van der Waals surface area contributed by atoms with E-state index in [1.54, 1.807) is 71.9 Å². The van der Waals surface area contributed by atoms with Crippen molar-refractivity contribution in [3.8, 4) is 11.3 Å². The number of carbonyl (C=O) groups is 8. The van der Waals surface area contributed by atoms with Crippen LogP contribution in [-0.2, 0) is 83.0 Å². The van der Waals surface area contributed by atoms with Crippen molar-refractivity contribution in [2.75, 3.05) is 0 Å². The lowest BCUT2D eigenvalue weighted by Crippen LogP contribution is -2.22. The number of ether oxygens (including phenoxy) is 4. The Morgan fingerprint density at radius 1 is 0.347 bits per heavy atom. The molecule has 0 aliphatic heterocycles. The zero-order valence-electron chi connectivity index (χ0n) is 76.9. The molecule has 0 radical (unpaired) electrons. The third-order valence-electron chi connectivity index (χ3n) is 23.0. The van der Waals surface area contributed by atoms with Gasteiger partial charge in [-0.2, -0.15) is 0 Å². The number of aryl methyl sites for hydroxylation is 13. The van der Waals surface area contributed by atoms with Crippen LogP contribution in [0.3, 0.4) is 0 Å². The van der Waals surface area contributed by atoms with Crippen LogP contribution in [-0.4, -0.2) is 56.6 Å². The highest BCUT2D eigenvalue weighted by molar-refractivity contribution is 7.03. The van der Waals surface area contributed by atoms with E-state index in [2.05, 4.69) is 59.8 Å². The normalized spacial score (nSPS) is 16.7. The zero-order chi connectivity index (χ0) is 91.3. The van der Waals surface area contributed by atoms with Crippen LogP contribution in [0.5, 0.6) is 0 Å². The van der Waals surface area contributed by atoms with Gasteiger partial charge < -0.3 is 18.9 Å². The van der Waals surface area contributed by atoms with Gasteiger partial charge in [0, 0.05) is 60.3 Å². The minimum atomic E-state index is -0.692. The molecule has 0 bridgehead atoms. The summed E-state index contributed by atoms with van der Waals surface area (Å²) in [6.45, 7) is 47.9. The Morgan fingerprint density at radius 3 is 0.887 bits per heavy atom. The minimum absolute atomic E-state index is 0.0221. The van der Waals surface area contributed by atoms with Gasteiger partial charge in [0.25, 0.3) is 0 Å². The van der Waals surface area contributed by atoms with E-state index in [4.69, 9.17) is 18.9 Å². The Hall–Kier alpha value is -11.3. The van der Waals surface area contributed by atoms with Crippen molar-refractivity contribution in [1.29, 1.82) is 0 Å². The highest BCUT2D eigenvalue weighted by Crippen LogP contribution is 2.47. The third kappa shape index (κ3) is 22.8. The number of halogens is 2. The van der Waals surface area contributed by atoms with Gasteiger partial charge >= 0.3 is 23.9 Å².